The van der Waals surface area contributed by atoms with Gasteiger partial charge in [0, 0.05) is 91.6 Å². The third-order valence-corrected chi connectivity index (χ3v) is 29.4. The summed E-state index contributed by atoms with van der Waals surface area (Å²) in [7, 11) is 1.66. The van der Waals surface area contributed by atoms with Crippen LogP contribution in [-0.4, -0.2) is 435 Å². The Morgan fingerprint density at radius 2 is 0.678 bits per heavy atom. The fourth-order valence-electron chi connectivity index (χ4n) is 18.3. The van der Waals surface area contributed by atoms with Crippen LogP contribution in [0, 0.1) is 0 Å². The minimum atomic E-state index is -3.47. The zero-order valence-corrected chi connectivity index (χ0v) is 87.7. The summed E-state index contributed by atoms with van der Waals surface area (Å²) in [5.74, 6) is -5.01. The number of carbonyl (C=O) groups is 12. The molecule has 10 atom stereocenters. The Morgan fingerprint density at radius 1 is 0.399 bits per heavy atom. The number of sulfonamides is 1. The van der Waals surface area contributed by atoms with E-state index in [0.29, 0.717) is 77.5 Å². The number of piperazine rings is 4. The van der Waals surface area contributed by atoms with Crippen molar-refractivity contribution >= 4 is 192 Å². The van der Waals surface area contributed by atoms with Crippen LogP contribution in [0.15, 0.2) is 72.8 Å². The number of nitrogens with two attached hydrogens (primary N) is 1. The number of hydrogen-bond acceptors (Lipinski definition) is 28. The number of nitrogens with one attached hydrogen (secondary N) is 3. The van der Waals surface area contributed by atoms with Gasteiger partial charge in [-0.25, -0.2) is 37.1 Å². The zero-order chi connectivity index (χ0) is 105. The van der Waals surface area contributed by atoms with Crippen LogP contribution in [0.4, 0.5) is 19.2 Å². The first-order chi connectivity index (χ1) is 67.9. The fourth-order valence-corrected chi connectivity index (χ4v) is 20.3. The van der Waals surface area contributed by atoms with Gasteiger partial charge in [-0.15, -0.1) is 0 Å². The van der Waals surface area contributed by atoms with E-state index in [4.69, 9.17) is 154 Å². The Morgan fingerprint density at radius 3 is 0.951 bits per heavy atom. The molecule has 8 amide bonds. The lowest BCUT2D eigenvalue weighted by Gasteiger charge is -2.46. The van der Waals surface area contributed by atoms with Crippen molar-refractivity contribution in [2.24, 2.45) is 5.73 Å². The van der Waals surface area contributed by atoms with E-state index in [1.165, 1.54) is 43.1 Å². The first-order valence-corrected chi connectivity index (χ1v) is 52.0. The molecule has 143 heavy (non-hydrogen) atoms. The molecule has 792 valence electrons. The SMILES string of the molecule is COC(=O)N1C[C@@H](CN2CCCC2)N(C(=O)Cc2ccc(Cl)c(Cl)c2)C[C@@H]1COCC(=O)O.COC(=O)N1C[C@@H](CN2CCCC2)N(C(=O)Cc2ccc(Cl)c(Cl)c2)C[C@H]1CNC(=S)N[C@@H](CC(=O)O)C(O)O.COC(=O)N1C[C@@H](CN2CCCC2)N(C(=O)Cc2ccc(Cl)c(Cl)c2)C[C@H]1CNS(C)(=O)=O.COC(=O)N1C[C@@H](CN2CCCC2)N(C(=O)Cc2ccc(Cl)c(Cl)c2)C[C@H]1COC(=O)[C@H](N)CC(=O)O. The highest BCUT2D eigenvalue weighted by atomic mass is 35.5. The van der Waals surface area contributed by atoms with Crippen molar-refractivity contribution < 1.29 is 120 Å². The molecule has 4 aromatic carbocycles. The average Bonchev–Trinajstić information content (AvgIpc) is 1.07. The van der Waals surface area contributed by atoms with Crippen molar-refractivity contribution in [2.75, 3.05) is 199 Å². The minimum Gasteiger partial charge on any atom is -0.481 e. The van der Waals surface area contributed by atoms with Gasteiger partial charge in [0.2, 0.25) is 33.7 Å². The number of carboxylic acid groups (broad SMARTS) is 3. The average molecular weight is 2200 g/mol. The van der Waals surface area contributed by atoms with E-state index in [-0.39, 0.29) is 157 Å². The van der Waals surface area contributed by atoms with Gasteiger partial charge in [-0.2, -0.15) is 0 Å². The molecule has 0 bridgehead atoms. The number of halogens is 8. The zero-order valence-electron chi connectivity index (χ0n) is 80.0. The van der Waals surface area contributed by atoms with Gasteiger partial charge >= 0.3 is 48.3 Å². The number of likely N-dealkylation sites (tertiary alicyclic amines) is 4. The fraction of sp³-hybridized carbons (Fsp3) is 0.598. The highest BCUT2D eigenvalue weighted by Crippen LogP contribution is 2.33. The van der Waals surface area contributed by atoms with Crippen molar-refractivity contribution in [3.8, 4) is 0 Å². The van der Waals surface area contributed by atoms with Crippen molar-refractivity contribution in [3.63, 3.8) is 0 Å². The maximum atomic E-state index is 13.6. The van der Waals surface area contributed by atoms with Crippen LogP contribution < -0.4 is 21.1 Å². The van der Waals surface area contributed by atoms with E-state index in [1.807, 2.05) is 0 Å². The number of thiocarbonyl (C=S) groups is 1. The number of aliphatic hydroxyl groups excluding tert-OH is 1. The molecule has 0 radical (unpaired) electrons. The summed E-state index contributed by atoms with van der Waals surface area (Å²) in [5.41, 5.74) is 8.47. The second kappa shape index (κ2) is 57.6. The highest BCUT2D eigenvalue weighted by molar-refractivity contribution is 7.88. The Balaban J connectivity index is 0.000000213. The van der Waals surface area contributed by atoms with Crippen LogP contribution in [0.25, 0.3) is 0 Å². The summed E-state index contributed by atoms with van der Waals surface area (Å²) in [4.78, 5) is 171. The molecule has 8 aliphatic rings. The molecule has 0 spiro atoms. The van der Waals surface area contributed by atoms with Crippen LogP contribution in [0.2, 0.25) is 40.2 Å². The van der Waals surface area contributed by atoms with Gasteiger partial charge in [0.15, 0.2) is 11.4 Å². The first-order valence-electron chi connectivity index (χ1n) is 46.6. The number of nitrogens with zero attached hydrogens (tertiary/aromatic N) is 12. The second-order valence-corrected chi connectivity index (χ2v) is 41.5. The number of benzene rings is 4. The Hall–Kier alpha value is -8.68. The van der Waals surface area contributed by atoms with Crippen LogP contribution >= 0.6 is 105 Å². The summed E-state index contributed by atoms with van der Waals surface area (Å²) >= 11 is 53.8. The molecule has 8 aliphatic heterocycles. The van der Waals surface area contributed by atoms with E-state index in [0.717, 1.165) is 121 Å². The monoisotopic (exact) mass is 2200 g/mol. The quantitative estimate of drug-likeness (QED) is 0.0101. The maximum absolute atomic E-state index is 13.6. The van der Waals surface area contributed by atoms with Crippen molar-refractivity contribution in [2.45, 2.75) is 157 Å². The van der Waals surface area contributed by atoms with Crippen LogP contribution in [0.1, 0.15) is 86.5 Å². The predicted octanol–water partition coefficient (Wildman–Crippen LogP) is 6.73. The van der Waals surface area contributed by atoms with Crippen molar-refractivity contribution in [3.05, 3.63) is 135 Å². The number of carboxylic acids is 3. The van der Waals surface area contributed by atoms with Crippen molar-refractivity contribution in [1.29, 1.82) is 0 Å². The topological polar surface area (TPSA) is 496 Å². The third-order valence-electron chi connectivity index (χ3n) is 25.5. The first kappa shape index (κ1) is 118. The Labute approximate surface area is 876 Å². The number of rotatable bonds is 34. The van der Waals surface area contributed by atoms with E-state index in [1.54, 1.807) is 97.3 Å². The molecule has 10 N–H and O–H groups in total. The van der Waals surface area contributed by atoms with Gasteiger partial charge in [0.25, 0.3) is 0 Å². The molecular weight excluding hydrogens is 2080 g/mol. The number of aliphatic carboxylic acids is 3. The number of amides is 8. The predicted molar refractivity (Wildman–Crippen MR) is 537 cm³/mol. The van der Waals surface area contributed by atoms with Crippen LogP contribution in [0.3, 0.4) is 0 Å². The molecule has 0 aromatic heterocycles. The summed E-state index contributed by atoms with van der Waals surface area (Å²) in [6.07, 6.45) is 4.83. The summed E-state index contributed by atoms with van der Waals surface area (Å²) in [6.45, 7) is 10.8. The van der Waals surface area contributed by atoms with Gasteiger partial charge in [-0.05, 0) is 187 Å². The third kappa shape index (κ3) is 37.0. The smallest absolute Gasteiger partial charge is 0.409 e. The number of aliphatic hydroxyl groups is 2. The molecular formula is C92H126Cl8N16O25S2. The van der Waals surface area contributed by atoms with Gasteiger partial charge < -0.3 is 114 Å². The molecule has 12 rings (SSSR count). The molecule has 0 aliphatic carbocycles. The summed E-state index contributed by atoms with van der Waals surface area (Å²) in [6, 6.07) is 14.3. The van der Waals surface area contributed by atoms with Gasteiger partial charge in [0.1, 0.15) is 19.3 Å². The molecule has 8 heterocycles. The number of methoxy groups -OCH3 is 4. The molecule has 51 heteroatoms. The number of esters is 1. The maximum Gasteiger partial charge on any atom is 0.409 e. The lowest BCUT2D eigenvalue weighted by molar-refractivity contribution is -0.152. The Bertz CT molecular complexity index is 5150. The highest BCUT2D eigenvalue weighted by Gasteiger charge is 2.46. The molecule has 0 unspecified atom stereocenters. The Kier molecular flexibility index (Phi) is 47.5. The lowest BCUT2D eigenvalue weighted by Crippen LogP contribution is -2.66. The summed E-state index contributed by atoms with van der Waals surface area (Å²) in [5, 5.41) is 54.2. The van der Waals surface area contributed by atoms with E-state index in [2.05, 4.69) is 35.0 Å². The normalized spacial score (nSPS) is 21.1. The van der Waals surface area contributed by atoms with Crippen molar-refractivity contribution in [1.82, 2.24) is 74.2 Å². The van der Waals surface area contributed by atoms with E-state index < -0.39 is 120 Å². The van der Waals surface area contributed by atoms with Gasteiger partial charge in [-0.1, -0.05) is 117 Å². The molecule has 41 nitrogen and oxygen atoms in total. The second-order valence-electron chi connectivity index (χ2n) is 36.0. The number of ether oxygens (including phenoxy) is 6. The van der Waals surface area contributed by atoms with E-state index >= 15 is 0 Å². The summed E-state index contributed by atoms with van der Waals surface area (Å²) < 4.78 is 56.2. The molecule has 0 saturated carbocycles. The lowest BCUT2D eigenvalue weighted by atomic mass is 10.0. The van der Waals surface area contributed by atoms with Crippen LogP contribution in [-0.2, 0) is 102 Å². The standard InChI is InChI=1S/C25H35Cl2N5O7S.C24H32Cl2N4O7.C22H29Cl2N3O6.C21H30Cl2N4O5S/c1-39-25(38)32-14-17(12-30-6-2-3-7-30)31(21(33)9-15-4-5-18(26)19(27)8-15)13-16(32)11-28-24(40)29-20(23(36)37)10-22(34)35;1-36-24(35)30-12-16(11-28-6-2-3-7-28)29(21(31)9-15-4-5-18(25)19(26)8-15)13-17(30)14-37-23(34)20(27)10-22(32)33;1-32-22(31)27-11-16(10-25-6-2-3-7-25)26(12-17(27)13-33-14-21(29)30)20(28)9-15-4-5-18(23)19(24)8-15;1-32-21(29)27-14-17(12-25-7-3-4-8-25)26(13-16(27)11-24-33(2,30)31)20(28)10-15-5-6-18(22)19(23)9-15/h4-5,8,16-17,20,23,36-37H,2-3,6-7,9-14H2,1H3,(H,34,35)(H2,28,29,40);4-5,8,16-17,20H,2-3,6-7,9-14,27H2,1H3,(H,32,33);4-5,8,16-17H,2-3,6-7,9-14H2,1H3,(H,29,30);5-6,9,16-17,24H,3-4,7-8,10-14H2,1-2H3/t16-,17-,20+;16-,17+,20-;2*16-,17-/m1111/s1. The molecule has 8 fully saturated rings. The largest absolute Gasteiger partial charge is 0.481 e. The molecule has 8 saturated heterocycles. The number of hydrogen-bond donors (Lipinski definition) is 9. The van der Waals surface area contributed by atoms with Gasteiger partial charge in [0.05, 0.1) is 174 Å². The minimum absolute atomic E-state index is 0.0130. The number of carbonyl (C=O) groups excluding carboxylic acids is 9. The van der Waals surface area contributed by atoms with Crippen LogP contribution in [0.5, 0.6) is 0 Å². The molecule has 4 aromatic rings. The van der Waals surface area contributed by atoms with E-state index in [9.17, 15) is 76.2 Å². The van der Waals surface area contributed by atoms with Gasteiger partial charge in [-0.3, -0.25) is 48.3 Å².